The predicted octanol–water partition coefficient (Wildman–Crippen LogP) is 0.955. The summed E-state index contributed by atoms with van der Waals surface area (Å²) in [6.07, 6.45) is 0.116. The molecule has 1 atom stereocenters. The summed E-state index contributed by atoms with van der Waals surface area (Å²) in [4.78, 5) is 13.9. The maximum Gasteiger partial charge on any atom is 0.228 e. The Hall–Kier alpha value is -1.47. The molecule has 5 nitrogen and oxygen atoms in total. The lowest BCUT2D eigenvalue weighted by Gasteiger charge is -2.27. The fourth-order valence-corrected chi connectivity index (χ4v) is 3.89. The zero-order valence-corrected chi connectivity index (χ0v) is 12.7. The molecule has 1 heterocycles. The number of nitrogens with one attached hydrogen (secondary N) is 1. The number of halogens is 1. The van der Waals surface area contributed by atoms with Crippen LogP contribution in [0.1, 0.15) is 13.3 Å². The Bertz CT molecular complexity index is 601. The molecule has 0 bridgehead atoms. The predicted molar refractivity (Wildman–Crippen MR) is 79.5 cm³/mol. The van der Waals surface area contributed by atoms with E-state index < -0.39 is 9.84 Å². The molecule has 1 aromatic rings. The Morgan fingerprint density at radius 2 is 2.05 bits per heavy atom. The quantitative estimate of drug-likeness (QED) is 0.899. The van der Waals surface area contributed by atoms with Crippen molar-refractivity contribution in [3.63, 3.8) is 0 Å². The van der Waals surface area contributed by atoms with Crippen LogP contribution >= 0.6 is 0 Å². The summed E-state index contributed by atoms with van der Waals surface area (Å²) in [5.41, 5.74) is 0.613. The van der Waals surface area contributed by atoms with Gasteiger partial charge in [-0.3, -0.25) is 4.79 Å². The SMILES string of the molecule is CCN(C(=O)CC1CS(=O)(=O)CCN1)c1ccc(F)cc1. The molecule has 1 fully saturated rings. The number of carbonyl (C=O) groups is 1. The molecular weight excluding hydrogens is 295 g/mol. The van der Waals surface area contributed by atoms with E-state index in [1.165, 1.54) is 17.0 Å². The molecule has 0 radical (unpaired) electrons. The monoisotopic (exact) mass is 314 g/mol. The number of hydrogen-bond donors (Lipinski definition) is 1. The van der Waals surface area contributed by atoms with Crippen LogP contribution in [0.4, 0.5) is 10.1 Å². The summed E-state index contributed by atoms with van der Waals surface area (Å²) in [5.74, 6) is -0.423. The molecule has 116 valence electrons. The highest BCUT2D eigenvalue weighted by atomic mass is 32.2. The van der Waals surface area contributed by atoms with Crippen LogP contribution in [-0.4, -0.2) is 45.0 Å². The zero-order chi connectivity index (χ0) is 15.5. The van der Waals surface area contributed by atoms with Gasteiger partial charge in [0.05, 0.1) is 11.5 Å². The fraction of sp³-hybridized carbons (Fsp3) is 0.500. The van der Waals surface area contributed by atoms with E-state index in [0.717, 1.165) is 0 Å². The Morgan fingerprint density at radius 3 is 2.62 bits per heavy atom. The van der Waals surface area contributed by atoms with Gasteiger partial charge in [-0.1, -0.05) is 0 Å². The van der Waals surface area contributed by atoms with Gasteiger partial charge in [-0.15, -0.1) is 0 Å². The van der Waals surface area contributed by atoms with Crippen molar-refractivity contribution in [2.24, 2.45) is 0 Å². The van der Waals surface area contributed by atoms with E-state index in [0.29, 0.717) is 18.8 Å². The van der Waals surface area contributed by atoms with Crippen molar-refractivity contribution in [2.45, 2.75) is 19.4 Å². The molecule has 21 heavy (non-hydrogen) atoms. The summed E-state index contributed by atoms with van der Waals surface area (Å²) in [6.45, 7) is 2.65. The lowest BCUT2D eigenvalue weighted by molar-refractivity contribution is -0.118. The highest BCUT2D eigenvalue weighted by molar-refractivity contribution is 7.91. The summed E-state index contributed by atoms with van der Waals surface area (Å²) >= 11 is 0. The Balaban J connectivity index is 2.05. The summed E-state index contributed by atoms with van der Waals surface area (Å²) in [5, 5.41) is 3.06. The summed E-state index contributed by atoms with van der Waals surface area (Å²) in [6, 6.07) is 5.33. The standard InChI is InChI=1S/C14H19FN2O3S/c1-2-17(13-5-3-11(15)4-6-13)14(18)9-12-10-21(19,20)8-7-16-12/h3-6,12,16H,2,7-10H2,1H3. The van der Waals surface area contributed by atoms with Crippen LogP contribution in [0, 0.1) is 5.82 Å². The minimum Gasteiger partial charge on any atom is -0.313 e. The second kappa shape index (κ2) is 6.53. The molecule has 1 saturated heterocycles. The number of anilines is 1. The van der Waals surface area contributed by atoms with Gasteiger partial charge < -0.3 is 10.2 Å². The molecule has 1 aliphatic rings. The summed E-state index contributed by atoms with van der Waals surface area (Å²) in [7, 11) is -3.06. The Labute approximate surface area is 124 Å². The molecule has 7 heteroatoms. The Morgan fingerprint density at radius 1 is 1.38 bits per heavy atom. The fourth-order valence-electron chi connectivity index (χ4n) is 2.44. The first-order valence-corrected chi connectivity index (χ1v) is 8.73. The van der Waals surface area contributed by atoms with Crippen LogP contribution in [0.3, 0.4) is 0 Å². The minimum atomic E-state index is -3.06. The molecule has 0 saturated carbocycles. The van der Waals surface area contributed by atoms with Crippen molar-refractivity contribution in [3.05, 3.63) is 30.1 Å². The van der Waals surface area contributed by atoms with Gasteiger partial charge >= 0.3 is 0 Å². The highest BCUT2D eigenvalue weighted by Crippen LogP contribution is 2.17. The molecule has 1 unspecified atom stereocenters. The van der Waals surface area contributed by atoms with Crippen molar-refractivity contribution in [1.29, 1.82) is 0 Å². The maximum atomic E-state index is 12.9. The first-order valence-electron chi connectivity index (χ1n) is 6.91. The van der Waals surface area contributed by atoms with Gasteiger partial charge in [0, 0.05) is 31.2 Å². The number of rotatable bonds is 4. The normalized spacial score (nSPS) is 21.0. The third-order valence-electron chi connectivity index (χ3n) is 3.48. The molecule has 2 rings (SSSR count). The third kappa shape index (κ3) is 4.25. The number of benzene rings is 1. The molecule has 1 aliphatic heterocycles. The van der Waals surface area contributed by atoms with Crippen LogP contribution in [-0.2, 0) is 14.6 Å². The third-order valence-corrected chi connectivity index (χ3v) is 5.21. The maximum absolute atomic E-state index is 12.9. The first-order chi connectivity index (χ1) is 9.91. The van der Waals surface area contributed by atoms with E-state index in [4.69, 9.17) is 0 Å². The van der Waals surface area contributed by atoms with E-state index >= 15 is 0 Å². The van der Waals surface area contributed by atoms with Gasteiger partial charge in [-0.2, -0.15) is 0 Å². The Kier molecular flexibility index (Phi) is 4.95. The van der Waals surface area contributed by atoms with Gasteiger partial charge in [0.2, 0.25) is 5.91 Å². The molecule has 1 amide bonds. The van der Waals surface area contributed by atoms with Crippen molar-refractivity contribution in [1.82, 2.24) is 5.32 Å². The average molecular weight is 314 g/mol. The van der Waals surface area contributed by atoms with Crippen molar-refractivity contribution in [2.75, 3.05) is 29.5 Å². The van der Waals surface area contributed by atoms with E-state index in [1.54, 1.807) is 12.1 Å². The van der Waals surface area contributed by atoms with Gasteiger partial charge in [-0.05, 0) is 31.2 Å². The van der Waals surface area contributed by atoms with Crippen LogP contribution < -0.4 is 10.2 Å². The molecule has 0 aromatic heterocycles. The van der Waals surface area contributed by atoms with Gasteiger partial charge in [0.15, 0.2) is 9.84 Å². The van der Waals surface area contributed by atoms with Gasteiger partial charge in [0.1, 0.15) is 5.82 Å². The zero-order valence-electron chi connectivity index (χ0n) is 11.9. The largest absolute Gasteiger partial charge is 0.313 e. The van der Waals surface area contributed by atoms with Crippen molar-refractivity contribution < 1.29 is 17.6 Å². The topological polar surface area (TPSA) is 66.5 Å². The van der Waals surface area contributed by atoms with Crippen molar-refractivity contribution in [3.8, 4) is 0 Å². The second-order valence-corrected chi connectivity index (χ2v) is 7.31. The van der Waals surface area contributed by atoms with Crippen molar-refractivity contribution >= 4 is 21.4 Å². The lowest BCUT2D eigenvalue weighted by atomic mass is 10.2. The number of amides is 1. The molecule has 1 aromatic carbocycles. The van der Waals surface area contributed by atoms with Gasteiger partial charge in [-0.25, -0.2) is 12.8 Å². The van der Waals surface area contributed by atoms with Crippen LogP contribution in [0.25, 0.3) is 0 Å². The number of hydrogen-bond acceptors (Lipinski definition) is 4. The lowest BCUT2D eigenvalue weighted by Crippen LogP contribution is -2.48. The smallest absolute Gasteiger partial charge is 0.228 e. The number of sulfone groups is 1. The highest BCUT2D eigenvalue weighted by Gasteiger charge is 2.27. The number of carbonyl (C=O) groups excluding carboxylic acids is 1. The average Bonchev–Trinajstić information content (AvgIpc) is 2.40. The second-order valence-electron chi connectivity index (χ2n) is 5.08. The molecule has 0 spiro atoms. The van der Waals surface area contributed by atoms with E-state index in [2.05, 4.69) is 5.32 Å². The first kappa shape index (κ1) is 15.9. The summed E-state index contributed by atoms with van der Waals surface area (Å²) < 4.78 is 36.1. The van der Waals surface area contributed by atoms with Gasteiger partial charge in [0.25, 0.3) is 0 Å². The molecule has 1 N–H and O–H groups in total. The van der Waals surface area contributed by atoms with E-state index in [-0.39, 0.29) is 35.7 Å². The van der Waals surface area contributed by atoms with E-state index in [1.807, 2.05) is 6.92 Å². The minimum absolute atomic E-state index is 0.0142. The van der Waals surface area contributed by atoms with Crippen LogP contribution in [0.2, 0.25) is 0 Å². The van der Waals surface area contributed by atoms with Crippen LogP contribution in [0.5, 0.6) is 0 Å². The van der Waals surface area contributed by atoms with Crippen LogP contribution in [0.15, 0.2) is 24.3 Å². The molecular formula is C14H19FN2O3S. The molecule has 0 aliphatic carbocycles. The number of nitrogens with zero attached hydrogens (tertiary/aromatic N) is 1. The van der Waals surface area contributed by atoms with E-state index in [9.17, 15) is 17.6 Å².